The summed E-state index contributed by atoms with van der Waals surface area (Å²) in [7, 11) is 0. The fourth-order valence-corrected chi connectivity index (χ4v) is 9.59. The van der Waals surface area contributed by atoms with E-state index >= 15 is 8.78 Å². The van der Waals surface area contributed by atoms with Crippen LogP contribution in [0.4, 0.5) is 31.5 Å². The first-order valence-electron chi connectivity index (χ1n) is 23.7. The number of aryl methyl sites for hydroxylation is 1. The van der Waals surface area contributed by atoms with Crippen LogP contribution < -0.4 is 14.5 Å². The van der Waals surface area contributed by atoms with Gasteiger partial charge in [0.15, 0.2) is 0 Å². The van der Waals surface area contributed by atoms with Crippen molar-refractivity contribution in [3.63, 3.8) is 0 Å². The Hall–Kier alpha value is -6.56. The number of ether oxygens (including phenoxy) is 1. The van der Waals surface area contributed by atoms with Crippen molar-refractivity contribution in [1.29, 1.82) is 0 Å². The molecule has 8 heteroatoms. The molecule has 0 aliphatic carbocycles. The first-order chi connectivity index (χ1) is 32.8. The molecule has 0 fully saturated rings. The van der Waals surface area contributed by atoms with Gasteiger partial charge < -0.3 is 19.1 Å². The zero-order chi connectivity index (χ0) is 47.4. The van der Waals surface area contributed by atoms with Crippen molar-refractivity contribution in [2.24, 2.45) is 0 Å². The number of hydrogen-bond acceptors (Lipinski definition) is 4. The molecule has 2 aromatic heterocycles. The zero-order valence-electron chi connectivity index (χ0n) is 40.3. The molecule has 346 valence electrons. The molecule has 9 aromatic rings. The van der Waals surface area contributed by atoms with Gasteiger partial charge in [0.25, 0.3) is 0 Å². The Morgan fingerprint density at radius 3 is 2.04 bits per heavy atom. The first kappa shape index (κ1) is 45.2. The SMILES string of the molecule is [2H]C(C)(C)c1ccccc1-c1cc(Oc2[c-]c3c(cc2)c2ccccc2n3-c2cc(CCC)ccn2)[c-]c(N2[CH-]N(c3c(C(C)C)cc(-c4c(F)cccc4F)cc3C(C)C)c3ccccc32)c1.[Pt]. The number of fused-ring (bicyclic) bond motifs is 4. The molecule has 0 amide bonds. The number of pyridine rings is 1. The van der Waals surface area contributed by atoms with Crippen molar-refractivity contribution in [2.45, 2.75) is 79.0 Å². The molecule has 0 saturated heterocycles. The van der Waals surface area contributed by atoms with E-state index in [0.29, 0.717) is 17.1 Å². The molecule has 3 heterocycles. The van der Waals surface area contributed by atoms with Gasteiger partial charge in [0.1, 0.15) is 17.5 Å². The summed E-state index contributed by atoms with van der Waals surface area (Å²) in [6.45, 7) is 16.5. The van der Waals surface area contributed by atoms with E-state index in [1.54, 1.807) is 0 Å². The van der Waals surface area contributed by atoms with Crippen molar-refractivity contribution in [1.82, 2.24) is 9.55 Å². The van der Waals surface area contributed by atoms with Crippen LogP contribution in [0, 0.1) is 30.4 Å². The van der Waals surface area contributed by atoms with Crippen LogP contribution in [0.3, 0.4) is 0 Å². The van der Waals surface area contributed by atoms with Gasteiger partial charge >= 0.3 is 0 Å². The van der Waals surface area contributed by atoms with Crippen LogP contribution in [0.15, 0.2) is 146 Å². The molecule has 0 N–H and O–H groups in total. The Bertz CT molecular complexity index is 3330. The van der Waals surface area contributed by atoms with E-state index in [0.717, 1.165) is 91.0 Å². The van der Waals surface area contributed by atoms with Crippen LogP contribution in [0.1, 0.15) is 96.2 Å². The fraction of sp³-hybridized carbons (Fsp3) is 0.200. The van der Waals surface area contributed by atoms with Gasteiger partial charge in [-0.3, -0.25) is 0 Å². The van der Waals surface area contributed by atoms with E-state index < -0.39 is 17.5 Å². The summed E-state index contributed by atoms with van der Waals surface area (Å²) in [5, 5.41) is 2.14. The Labute approximate surface area is 414 Å². The van der Waals surface area contributed by atoms with Gasteiger partial charge in [-0.15, -0.1) is 53.6 Å². The molecular formula is C60H53F2N4OPt-3. The molecule has 7 aromatic carbocycles. The minimum Gasteiger partial charge on any atom is -0.509 e. The average Bonchev–Trinajstić information content (AvgIpc) is 3.87. The molecule has 1 aliphatic heterocycles. The van der Waals surface area contributed by atoms with Crippen molar-refractivity contribution < 1.29 is 36.0 Å². The number of rotatable bonds is 12. The Morgan fingerprint density at radius 1 is 0.662 bits per heavy atom. The van der Waals surface area contributed by atoms with E-state index in [-0.39, 0.29) is 38.5 Å². The summed E-state index contributed by atoms with van der Waals surface area (Å²) in [5.41, 5.74) is 11.7. The normalized spacial score (nSPS) is 12.8. The number of nitrogens with zero attached hydrogens (tertiary/aromatic N) is 4. The minimum atomic E-state index is -0.895. The van der Waals surface area contributed by atoms with Crippen molar-refractivity contribution in [2.75, 3.05) is 9.80 Å². The Balaban J connectivity index is 0.00000593. The first-order valence-corrected chi connectivity index (χ1v) is 23.2. The Kier molecular flexibility index (Phi) is 12.8. The van der Waals surface area contributed by atoms with Gasteiger partial charge in [0, 0.05) is 62.7 Å². The predicted molar refractivity (Wildman–Crippen MR) is 271 cm³/mol. The fourth-order valence-electron chi connectivity index (χ4n) is 9.59. The summed E-state index contributed by atoms with van der Waals surface area (Å²) < 4.78 is 49.0. The van der Waals surface area contributed by atoms with E-state index in [1.807, 2.05) is 80.7 Å². The second-order valence-corrected chi connectivity index (χ2v) is 18.2. The van der Waals surface area contributed by atoms with Gasteiger partial charge in [-0.05, 0) is 118 Å². The second-order valence-electron chi connectivity index (χ2n) is 18.2. The van der Waals surface area contributed by atoms with E-state index in [4.69, 9.17) is 9.72 Å². The summed E-state index contributed by atoms with van der Waals surface area (Å²) >= 11 is 0. The number of para-hydroxylation sites is 3. The molecular weight excluding hydrogens is 1030 g/mol. The molecule has 0 saturated carbocycles. The topological polar surface area (TPSA) is 33.5 Å². The molecule has 5 nitrogen and oxygen atoms in total. The summed E-state index contributed by atoms with van der Waals surface area (Å²) in [4.78, 5) is 9.17. The maximum Gasteiger partial charge on any atom is 0.135 e. The molecule has 0 radical (unpaired) electrons. The van der Waals surface area contributed by atoms with E-state index in [2.05, 4.69) is 128 Å². The van der Waals surface area contributed by atoms with Crippen LogP contribution in [0.2, 0.25) is 0 Å². The van der Waals surface area contributed by atoms with Crippen LogP contribution in [0.5, 0.6) is 11.5 Å². The number of benzene rings is 7. The molecule has 0 bridgehead atoms. The van der Waals surface area contributed by atoms with Crippen LogP contribution in [-0.4, -0.2) is 9.55 Å². The van der Waals surface area contributed by atoms with Gasteiger partial charge in [-0.2, -0.15) is 6.07 Å². The summed E-state index contributed by atoms with van der Waals surface area (Å²) in [6.07, 6.45) is 3.87. The van der Waals surface area contributed by atoms with Gasteiger partial charge in [0.05, 0.1) is 5.56 Å². The average molecular weight is 1080 g/mol. The largest absolute Gasteiger partial charge is 0.509 e. The van der Waals surface area contributed by atoms with Crippen LogP contribution in [0.25, 0.3) is 49.9 Å². The molecule has 0 spiro atoms. The molecule has 68 heavy (non-hydrogen) atoms. The standard InChI is InChI=1S/C60H53F2N4O.Pt/c1-8-16-40-27-28-63-58(29-40)66-54-22-12-11-19-48(54)49-26-25-44(35-57(49)66)67-45-31-41(47-18-10-9-17-46(47)37(2)3)30-43(34-45)64-36-65(56-24-14-13-23-55(56)64)60-50(38(4)5)32-42(33-51(60)39(6)7)59-52(61)20-15-21-53(59)62;/h9-15,17-33,36-39H,8,16H2,1-7H3;/q-3;/i37D;. The smallest absolute Gasteiger partial charge is 0.135 e. The second kappa shape index (κ2) is 19.2. The molecule has 1 aliphatic rings. The van der Waals surface area contributed by atoms with Crippen molar-refractivity contribution in [3.05, 3.63) is 198 Å². The van der Waals surface area contributed by atoms with Crippen LogP contribution in [-0.2, 0) is 27.5 Å². The number of hydrogen-bond donors (Lipinski definition) is 0. The van der Waals surface area contributed by atoms with Gasteiger partial charge in [-0.25, -0.2) is 13.8 Å². The zero-order valence-corrected chi connectivity index (χ0v) is 41.5. The molecule has 0 unspecified atom stereocenters. The quantitative estimate of drug-likeness (QED) is 0.114. The van der Waals surface area contributed by atoms with Crippen molar-refractivity contribution >= 4 is 44.6 Å². The third-order valence-corrected chi connectivity index (χ3v) is 12.8. The summed E-state index contributed by atoms with van der Waals surface area (Å²) in [5.74, 6) is -0.250. The van der Waals surface area contributed by atoms with E-state index in [9.17, 15) is 1.37 Å². The molecule has 0 atom stereocenters. The summed E-state index contributed by atoms with van der Waals surface area (Å²) in [6, 6.07) is 52.2. The number of anilines is 4. The van der Waals surface area contributed by atoms with Gasteiger partial charge in [0.2, 0.25) is 0 Å². The molecule has 10 rings (SSSR count). The minimum absolute atomic E-state index is 0. The van der Waals surface area contributed by atoms with Crippen molar-refractivity contribution in [3.8, 4) is 39.6 Å². The van der Waals surface area contributed by atoms with Gasteiger partial charge in [-0.1, -0.05) is 121 Å². The predicted octanol–water partition coefficient (Wildman–Crippen LogP) is 16.9. The maximum absolute atomic E-state index is 15.4. The third kappa shape index (κ3) is 8.51. The Morgan fingerprint density at radius 2 is 1.34 bits per heavy atom. The monoisotopic (exact) mass is 1080 g/mol. The number of halogens is 2. The van der Waals surface area contributed by atoms with E-state index in [1.165, 1.54) is 23.8 Å². The number of aromatic nitrogens is 2. The maximum atomic E-state index is 15.4. The van der Waals surface area contributed by atoms with Crippen LogP contribution >= 0.6 is 0 Å². The third-order valence-electron chi connectivity index (χ3n) is 12.8.